The molecular formula is C21H28N4O4. The Morgan fingerprint density at radius 2 is 1.86 bits per heavy atom. The van der Waals surface area contributed by atoms with Crippen LogP contribution >= 0.6 is 0 Å². The van der Waals surface area contributed by atoms with Gasteiger partial charge in [0.2, 0.25) is 5.91 Å². The summed E-state index contributed by atoms with van der Waals surface area (Å²) in [5, 5.41) is 6.14. The third-order valence-electron chi connectivity index (χ3n) is 6.06. The maximum atomic E-state index is 12.9. The minimum Gasteiger partial charge on any atom is -0.481 e. The lowest BCUT2D eigenvalue weighted by atomic mass is 9.90. The number of ether oxygens (including phenoxy) is 1. The number of rotatable bonds is 4. The van der Waals surface area contributed by atoms with Gasteiger partial charge >= 0.3 is 6.03 Å². The van der Waals surface area contributed by atoms with Crippen LogP contribution in [0.5, 0.6) is 5.75 Å². The maximum absolute atomic E-state index is 12.9. The van der Waals surface area contributed by atoms with Gasteiger partial charge in [0, 0.05) is 19.1 Å². The molecule has 0 saturated carbocycles. The first-order valence-corrected chi connectivity index (χ1v) is 10.4. The van der Waals surface area contributed by atoms with Crippen LogP contribution in [0.25, 0.3) is 0 Å². The van der Waals surface area contributed by atoms with Crippen molar-refractivity contribution >= 4 is 17.8 Å². The molecule has 8 nitrogen and oxygen atoms in total. The van der Waals surface area contributed by atoms with E-state index in [0.717, 1.165) is 19.4 Å². The van der Waals surface area contributed by atoms with E-state index in [0.29, 0.717) is 31.7 Å². The molecule has 4 rings (SSSR count). The molecule has 2 N–H and O–H groups in total. The Balaban J connectivity index is 1.33. The normalized spacial score (nSPS) is 26.5. The van der Waals surface area contributed by atoms with Gasteiger partial charge in [0.1, 0.15) is 5.75 Å². The molecule has 3 aliphatic rings. The molecule has 3 aliphatic heterocycles. The minimum atomic E-state index is -0.581. The Morgan fingerprint density at radius 3 is 2.59 bits per heavy atom. The van der Waals surface area contributed by atoms with Gasteiger partial charge in [-0.25, -0.2) is 4.79 Å². The van der Waals surface area contributed by atoms with Crippen molar-refractivity contribution in [1.82, 2.24) is 20.4 Å². The molecule has 0 spiro atoms. The molecule has 0 radical (unpaired) electrons. The molecular weight excluding hydrogens is 372 g/mol. The summed E-state index contributed by atoms with van der Waals surface area (Å²) < 4.78 is 5.74. The number of carbonyl (C=O) groups is 3. The van der Waals surface area contributed by atoms with Crippen molar-refractivity contribution in [2.24, 2.45) is 5.92 Å². The van der Waals surface area contributed by atoms with Crippen LogP contribution < -0.4 is 15.4 Å². The summed E-state index contributed by atoms with van der Waals surface area (Å²) in [7, 11) is 0. The fourth-order valence-corrected chi connectivity index (χ4v) is 4.49. The number of amides is 4. The second kappa shape index (κ2) is 8.41. The lowest BCUT2D eigenvalue weighted by molar-refractivity contribution is -0.142. The van der Waals surface area contributed by atoms with E-state index >= 15 is 0 Å². The zero-order chi connectivity index (χ0) is 20.4. The average Bonchev–Trinajstić information content (AvgIpc) is 2.74. The number of hydrogen-bond donors (Lipinski definition) is 2. The van der Waals surface area contributed by atoms with Crippen LogP contribution in [-0.4, -0.2) is 65.6 Å². The van der Waals surface area contributed by atoms with Gasteiger partial charge in [-0.3, -0.25) is 19.8 Å². The lowest BCUT2D eigenvalue weighted by Crippen LogP contribution is -2.68. The SMILES string of the molecule is CC(Oc1ccccc1)C(=O)N1CCC(N2C(=O)NC3NCCCC3C2=O)CC1. The van der Waals surface area contributed by atoms with Gasteiger partial charge < -0.3 is 15.0 Å². The predicted molar refractivity (Wildman–Crippen MR) is 106 cm³/mol. The van der Waals surface area contributed by atoms with E-state index in [1.165, 1.54) is 4.90 Å². The summed E-state index contributed by atoms with van der Waals surface area (Å²) in [6.07, 6.45) is 2.07. The number of para-hydroxylation sites is 1. The smallest absolute Gasteiger partial charge is 0.325 e. The fraction of sp³-hybridized carbons (Fsp3) is 0.571. The summed E-state index contributed by atoms with van der Waals surface area (Å²) >= 11 is 0. The quantitative estimate of drug-likeness (QED) is 0.796. The van der Waals surface area contributed by atoms with Crippen molar-refractivity contribution in [3.63, 3.8) is 0 Å². The summed E-state index contributed by atoms with van der Waals surface area (Å²) in [5.41, 5.74) is 0. The molecule has 3 unspecified atom stereocenters. The summed E-state index contributed by atoms with van der Waals surface area (Å²) in [4.78, 5) is 41.4. The lowest BCUT2D eigenvalue weighted by Gasteiger charge is -2.45. The van der Waals surface area contributed by atoms with Crippen molar-refractivity contribution in [2.75, 3.05) is 19.6 Å². The first-order valence-electron chi connectivity index (χ1n) is 10.4. The standard InChI is InChI=1S/C21H28N4O4/c1-14(29-16-6-3-2-4-7-16)19(26)24-12-9-15(10-13-24)25-20(27)17-8-5-11-22-18(17)23-21(25)28/h2-4,6-7,14-15,17-18,22H,5,8-13H2,1H3,(H,23,28). The van der Waals surface area contributed by atoms with E-state index in [2.05, 4.69) is 10.6 Å². The highest BCUT2D eigenvalue weighted by Gasteiger charge is 2.45. The third kappa shape index (κ3) is 4.07. The Kier molecular flexibility index (Phi) is 5.71. The van der Waals surface area contributed by atoms with Gasteiger partial charge in [-0.1, -0.05) is 18.2 Å². The highest BCUT2D eigenvalue weighted by atomic mass is 16.5. The number of fused-ring (bicyclic) bond motifs is 1. The molecule has 1 aromatic rings. The van der Waals surface area contributed by atoms with E-state index in [1.54, 1.807) is 11.8 Å². The van der Waals surface area contributed by atoms with Gasteiger partial charge in [-0.15, -0.1) is 0 Å². The molecule has 1 aromatic carbocycles. The number of likely N-dealkylation sites (tertiary alicyclic amines) is 1. The maximum Gasteiger partial charge on any atom is 0.325 e. The highest BCUT2D eigenvalue weighted by molar-refractivity contribution is 5.99. The minimum absolute atomic E-state index is 0.0710. The van der Waals surface area contributed by atoms with Crippen LogP contribution in [0.3, 0.4) is 0 Å². The van der Waals surface area contributed by atoms with Crippen molar-refractivity contribution in [3.05, 3.63) is 30.3 Å². The van der Waals surface area contributed by atoms with E-state index in [1.807, 2.05) is 30.3 Å². The second-order valence-corrected chi connectivity index (χ2v) is 7.97. The van der Waals surface area contributed by atoms with Crippen molar-refractivity contribution in [1.29, 1.82) is 0 Å². The number of nitrogens with one attached hydrogen (secondary N) is 2. The van der Waals surface area contributed by atoms with Crippen molar-refractivity contribution < 1.29 is 19.1 Å². The number of nitrogens with zero attached hydrogens (tertiary/aromatic N) is 2. The number of piperidine rings is 2. The summed E-state index contributed by atoms with van der Waals surface area (Å²) in [5.74, 6) is 0.310. The molecule has 3 atom stereocenters. The number of hydrogen-bond acceptors (Lipinski definition) is 5. The summed E-state index contributed by atoms with van der Waals surface area (Å²) in [6, 6.07) is 8.79. The monoisotopic (exact) mass is 400 g/mol. The number of carbonyl (C=O) groups excluding carboxylic acids is 3. The molecule has 29 heavy (non-hydrogen) atoms. The van der Waals surface area contributed by atoms with Gasteiger partial charge in [0.25, 0.3) is 5.91 Å². The zero-order valence-electron chi connectivity index (χ0n) is 16.7. The Bertz CT molecular complexity index is 763. The fourth-order valence-electron chi connectivity index (χ4n) is 4.49. The molecule has 3 fully saturated rings. The van der Waals surface area contributed by atoms with Gasteiger partial charge in [-0.2, -0.15) is 0 Å². The van der Waals surface area contributed by atoms with Gasteiger partial charge in [0.15, 0.2) is 6.10 Å². The zero-order valence-corrected chi connectivity index (χ0v) is 16.7. The van der Waals surface area contributed by atoms with Crippen molar-refractivity contribution in [3.8, 4) is 5.75 Å². The third-order valence-corrected chi connectivity index (χ3v) is 6.06. The van der Waals surface area contributed by atoms with Crippen LogP contribution in [-0.2, 0) is 9.59 Å². The average molecular weight is 400 g/mol. The molecule has 156 valence electrons. The number of benzene rings is 1. The first kappa shape index (κ1) is 19.7. The topological polar surface area (TPSA) is 91.0 Å². The molecule has 0 aliphatic carbocycles. The largest absolute Gasteiger partial charge is 0.481 e. The molecule has 8 heteroatoms. The van der Waals surface area contributed by atoms with Gasteiger partial charge in [-0.05, 0) is 51.3 Å². The molecule has 3 saturated heterocycles. The second-order valence-electron chi connectivity index (χ2n) is 7.97. The van der Waals surface area contributed by atoms with Crippen LogP contribution in [0.4, 0.5) is 4.79 Å². The number of urea groups is 1. The first-order chi connectivity index (χ1) is 14.0. The highest BCUT2D eigenvalue weighted by Crippen LogP contribution is 2.27. The van der Waals surface area contributed by atoms with Crippen molar-refractivity contribution in [2.45, 2.75) is 50.9 Å². The van der Waals surface area contributed by atoms with E-state index in [-0.39, 0.29) is 36.0 Å². The van der Waals surface area contributed by atoms with Crippen LogP contribution in [0.2, 0.25) is 0 Å². The van der Waals surface area contributed by atoms with E-state index < -0.39 is 6.10 Å². The predicted octanol–water partition coefficient (Wildman–Crippen LogP) is 1.32. The van der Waals surface area contributed by atoms with Crippen LogP contribution in [0.1, 0.15) is 32.6 Å². The van der Waals surface area contributed by atoms with Crippen LogP contribution in [0, 0.1) is 5.92 Å². The molecule has 3 heterocycles. The Hall–Kier alpha value is -2.61. The molecule has 0 aromatic heterocycles. The molecule has 0 bridgehead atoms. The van der Waals surface area contributed by atoms with E-state index in [9.17, 15) is 14.4 Å². The summed E-state index contributed by atoms with van der Waals surface area (Å²) in [6.45, 7) is 3.59. The molecule has 4 amide bonds. The van der Waals surface area contributed by atoms with Crippen LogP contribution in [0.15, 0.2) is 30.3 Å². The van der Waals surface area contributed by atoms with Gasteiger partial charge in [0.05, 0.1) is 12.1 Å². The Morgan fingerprint density at radius 1 is 1.14 bits per heavy atom. The van der Waals surface area contributed by atoms with E-state index in [4.69, 9.17) is 4.74 Å². The Labute approximate surface area is 170 Å². The number of imide groups is 1.